The van der Waals surface area contributed by atoms with Gasteiger partial charge in [-0.3, -0.25) is 0 Å². The Labute approximate surface area is 116 Å². The molecule has 2 aliphatic rings. The highest BCUT2D eigenvalue weighted by Crippen LogP contribution is 2.53. The summed E-state index contributed by atoms with van der Waals surface area (Å²) >= 11 is 0. The van der Waals surface area contributed by atoms with Gasteiger partial charge in [0.25, 0.3) is 0 Å². The third kappa shape index (κ3) is 2.70. The van der Waals surface area contributed by atoms with E-state index in [-0.39, 0.29) is 0 Å². The van der Waals surface area contributed by atoms with Crippen LogP contribution in [0.2, 0.25) is 0 Å². The minimum absolute atomic E-state index is 0.529. The second-order valence-corrected chi connectivity index (χ2v) is 6.19. The summed E-state index contributed by atoms with van der Waals surface area (Å²) in [6, 6.07) is 10.9. The largest absolute Gasteiger partial charge is 0.378 e. The van der Waals surface area contributed by atoms with Crippen LogP contribution in [-0.2, 0) is 11.2 Å². The van der Waals surface area contributed by atoms with Crippen LogP contribution in [0.4, 0.5) is 0 Å². The molecule has 3 rings (SSSR count). The molecule has 2 heteroatoms. The molecule has 0 bridgehead atoms. The van der Waals surface area contributed by atoms with Crippen molar-refractivity contribution in [1.29, 1.82) is 0 Å². The standard InChI is InChI=1S/C17H25NO/c1-2-19-16-11-17(12-16)8-9-18-13-15(17)10-14-6-4-3-5-7-14/h3-7,15-16,18H,2,8-13H2,1H3. The Morgan fingerprint density at radius 3 is 2.79 bits per heavy atom. The number of hydrogen-bond acceptors (Lipinski definition) is 2. The van der Waals surface area contributed by atoms with Gasteiger partial charge in [-0.1, -0.05) is 30.3 Å². The second kappa shape index (κ2) is 5.64. The summed E-state index contributed by atoms with van der Waals surface area (Å²) in [4.78, 5) is 0. The van der Waals surface area contributed by atoms with Crippen molar-refractivity contribution < 1.29 is 4.74 Å². The molecular formula is C17H25NO. The van der Waals surface area contributed by atoms with Crippen molar-refractivity contribution in [3.8, 4) is 0 Å². The number of ether oxygens (including phenoxy) is 1. The van der Waals surface area contributed by atoms with E-state index in [1.807, 2.05) is 0 Å². The lowest BCUT2D eigenvalue weighted by Crippen LogP contribution is -2.55. The van der Waals surface area contributed by atoms with E-state index >= 15 is 0 Å². The van der Waals surface area contributed by atoms with Crippen molar-refractivity contribution in [2.45, 2.75) is 38.7 Å². The Morgan fingerprint density at radius 2 is 2.05 bits per heavy atom. The van der Waals surface area contributed by atoms with Gasteiger partial charge >= 0.3 is 0 Å². The van der Waals surface area contributed by atoms with Gasteiger partial charge in [-0.05, 0) is 62.6 Å². The minimum atomic E-state index is 0.529. The lowest BCUT2D eigenvalue weighted by Gasteiger charge is -2.55. The first-order chi connectivity index (χ1) is 9.32. The highest BCUT2D eigenvalue weighted by molar-refractivity contribution is 5.17. The summed E-state index contributed by atoms with van der Waals surface area (Å²) in [6.07, 6.45) is 5.63. The first kappa shape index (κ1) is 13.1. The van der Waals surface area contributed by atoms with Gasteiger partial charge < -0.3 is 10.1 Å². The maximum absolute atomic E-state index is 5.78. The average Bonchev–Trinajstić information content (AvgIpc) is 2.40. The van der Waals surface area contributed by atoms with Crippen LogP contribution in [0.25, 0.3) is 0 Å². The van der Waals surface area contributed by atoms with Crippen molar-refractivity contribution in [3.05, 3.63) is 35.9 Å². The fraction of sp³-hybridized carbons (Fsp3) is 0.647. The molecule has 0 aromatic heterocycles. The summed E-state index contributed by atoms with van der Waals surface area (Å²) in [7, 11) is 0. The molecule has 104 valence electrons. The first-order valence-corrected chi connectivity index (χ1v) is 7.69. The predicted molar refractivity (Wildman–Crippen MR) is 78.2 cm³/mol. The number of rotatable bonds is 4. The fourth-order valence-electron chi connectivity index (χ4n) is 3.96. The molecule has 1 heterocycles. The Balaban J connectivity index is 1.65. The maximum atomic E-state index is 5.78. The molecule has 19 heavy (non-hydrogen) atoms. The topological polar surface area (TPSA) is 21.3 Å². The third-order valence-corrected chi connectivity index (χ3v) is 5.05. The maximum Gasteiger partial charge on any atom is 0.0585 e. The molecule has 1 aliphatic heterocycles. The smallest absolute Gasteiger partial charge is 0.0585 e. The molecule has 1 unspecified atom stereocenters. The molecule has 1 saturated carbocycles. The minimum Gasteiger partial charge on any atom is -0.378 e. The van der Waals surface area contributed by atoms with Gasteiger partial charge in [0.1, 0.15) is 0 Å². The van der Waals surface area contributed by atoms with Crippen molar-refractivity contribution in [3.63, 3.8) is 0 Å². The monoisotopic (exact) mass is 259 g/mol. The third-order valence-electron chi connectivity index (χ3n) is 5.05. The van der Waals surface area contributed by atoms with E-state index in [2.05, 4.69) is 42.6 Å². The summed E-state index contributed by atoms with van der Waals surface area (Å²) in [5, 5.41) is 3.58. The molecule has 0 radical (unpaired) electrons. The second-order valence-electron chi connectivity index (χ2n) is 6.19. The molecule has 2 fully saturated rings. The van der Waals surface area contributed by atoms with Gasteiger partial charge in [-0.2, -0.15) is 0 Å². The van der Waals surface area contributed by atoms with Crippen LogP contribution in [-0.4, -0.2) is 25.8 Å². The van der Waals surface area contributed by atoms with Gasteiger partial charge in [-0.25, -0.2) is 0 Å². The van der Waals surface area contributed by atoms with Crippen LogP contribution in [0.15, 0.2) is 30.3 Å². The van der Waals surface area contributed by atoms with Crippen LogP contribution >= 0.6 is 0 Å². The van der Waals surface area contributed by atoms with Gasteiger partial charge in [0, 0.05) is 6.61 Å². The first-order valence-electron chi connectivity index (χ1n) is 7.69. The summed E-state index contributed by atoms with van der Waals surface area (Å²) in [5.41, 5.74) is 2.04. The van der Waals surface area contributed by atoms with Crippen molar-refractivity contribution in [2.24, 2.45) is 11.3 Å². The van der Waals surface area contributed by atoms with Crippen LogP contribution in [0.3, 0.4) is 0 Å². The average molecular weight is 259 g/mol. The molecule has 1 spiro atoms. The van der Waals surface area contributed by atoms with Gasteiger partial charge in [0.15, 0.2) is 0 Å². The highest BCUT2D eigenvalue weighted by atomic mass is 16.5. The summed E-state index contributed by atoms with van der Waals surface area (Å²) in [5.74, 6) is 0.778. The molecule has 1 saturated heterocycles. The number of hydrogen-bond donors (Lipinski definition) is 1. The number of nitrogens with one attached hydrogen (secondary N) is 1. The Bertz CT molecular complexity index is 397. The zero-order valence-corrected chi connectivity index (χ0v) is 11.9. The van der Waals surface area contributed by atoms with Crippen LogP contribution in [0.1, 0.15) is 31.7 Å². The molecular weight excluding hydrogens is 234 g/mol. The number of piperidine rings is 1. The van der Waals surface area contributed by atoms with E-state index in [4.69, 9.17) is 4.74 Å². The lowest BCUT2D eigenvalue weighted by atomic mass is 9.55. The SMILES string of the molecule is CCOC1CC2(CCNCC2Cc2ccccc2)C1. The zero-order chi connectivity index (χ0) is 13.1. The highest BCUT2D eigenvalue weighted by Gasteiger charge is 2.50. The Kier molecular flexibility index (Phi) is 3.90. The molecule has 2 nitrogen and oxygen atoms in total. The van der Waals surface area contributed by atoms with Crippen LogP contribution < -0.4 is 5.32 Å². The van der Waals surface area contributed by atoms with E-state index in [9.17, 15) is 0 Å². The van der Waals surface area contributed by atoms with E-state index in [0.29, 0.717) is 11.5 Å². The molecule has 1 aromatic carbocycles. The lowest BCUT2D eigenvalue weighted by molar-refractivity contribution is -0.116. The molecule has 0 amide bonds. The summed E-state index contributed by atoms with van der Waals surface area (Å²) in [6.45, 7) is 5.33. The summed E-state index contributed by atoms with van der Waals surface area (Å²) < 4.78 is 5.78. The van der Waals surface area contributed by atoms with Crippen LogP contribution in [0, 0.1) is 11.3 Å². The van der Waals surface area contributed by atoms with Crippen molar-refractivity contribution in [2.75, 3.05) is 19.7 Å². The normalized spacial score (nSPS) is 34.2. The van der Waals surface area contributed by atoms with Gasteiger partial charge in [-0.15, -0.1) is 0 Å². The van der Waals surface area contributed by atoms with E-state index < -0.39 is 0 Å². The van der Waals surface area contributed by atoms with E-state index in [1.165, 1.54) is 44.3 Å². The van der Waals surface area contributed by atoms with E-state index in [0.717, 1.165) is 12.5 Å². The van der Waals surface area contributed by atoms with Crippen LogP contribution in [0.5, 0.6) is 0 Å². The molecule has 1 atom stereocenters. The Hall–Kier alpha value is -0.860. The van der Waals surface area contributed by atoms with Gasteiger partial charge in [0.05, 0.1) is 6.10 Å². The fourth-order valence-corrected chi connectivity index (χ4v) is 3.96. The van der Waals surface area contributed by atoms with Crippen molar-refractivity contribution >= 4 is 0 Å². The predicted octanol–water partition coefficient (Wildman–Crippen LogP) is 3.02. The molecule has 1 N–H and O–H groups in total. The molecule has 1 aromatic rings. The molecule has 1 aliphatic carbocycles. The Morgan fingerprint density at radius 1 is 1.26 bits per heavy atom. The van der Waals surface area contributed by atoms with Crippen molar-refractivity contribution in [1.82, 2.24) is 5.32 Å². The zero-order valence-electron chi connectivity index (χ0n) is 11.9. The quantitative estimate of drug-likeness (QED) is 0.897. The van der Waals surface area contributed by atoms with Gasteiger partial charge in [0.2, 0.25) is 0 Å². The van der Waals surface area contributed by atoms with E-state index in [1.54, 1.807) is 0 Å². The number of benzene rings is 1.